The fraction of sp³-hybridized carbons (Fsp3) is 0.250. The fourth-order valence-corrected chi connectivity index (χ4v) is 2.53. The quantitative estimate of drug-likeness (QED) is 0.612. The second kappa shape index (κ2) is 6.89. The first kappa shape index (κ1) is 15.6. The molecule has 1 aliphatic rings. The summed E-state index contributed by atoms with van der Waals surface area (Å²) in [5.41, 5.74) is 1.04. The highest BCUT2D eigenvalue weighted by molar-refractivity contribution is 5.38. The highest BCUT2D eigenvalue weighted by atomic mass is 16.5. The Morgan fingerprint density at radius 2 is 1.72 bits per heavy atom. The van der Waals surface area contributed by atoms with Crippen LogP contribution in [0.3, 0.4) is 0 Å². The summed E-state index contributed by atoms with van der Waals surface area (Å²) >= 11 is 0. The van der Waals surface area contributed by atoms with Crippen LogP contribution in [0.2, 0.25) is 0 Å². The monoisotopic (exact) mass is 337 g/mol. The van der Waals surface area contributed by atoms with Gasteiger partial charge in [0, 0.05) is 18.1 Å². The molecule has 1 aromatic heterocycles. The Morgan fingerprint density at radius 3 is 2.48 bits per heavy atom. The summed E-state index contributed by atoms with van der Waals surface area (Å²) in [7, 11) is 1.63. The van der Waals surface area contributed by atoms with Gasteiger partial charge in [0.2, 0.25) is 0 Å². The molecule has 0 N–H and O–H groups in total. The zero-order chi connectivity index (χ0) is 17.1. The van der Waals surface area contributed by atoms with E-state index in [0.29, 0.717) is 12.5 Å². The zero-order valence-electron chi connectivity index (χ0n) is 14.0. The molecule has 0 spiro atoms. The van der Waals surface area contributed by atoms with E-state index in [1.165, 1.54) is 12.8 Å². The van der Waals surface area contributed by atoms with E-state index in [1.54, 1.807) is 7.11 Å². The molecule has 3 aromatic rings. The molecule has 1 aliphatic carbocycles. The molecule has 1 heterocycles. The van der Waals surface area contributed by atoms with Crippen molar-refractivity contribution in [3.8, 4) is 23.0 Å². The fourth-order valence-electron chi connectivity index (χ4n) is 2.53. The average molecular weight is 337 g/mol. The van der Waals surface area contributed by atoms with Crippen LogP contribution in [0.25, 0.3) is 0 Å². The van der Waals surface area contributed by atoms with E-state index in [9.17, 15) is 0 Å². The van der Waals surface area contributed by atoms with E-state index in [0.717, 1.165) is 34.5 Å². The molecule has 25 heavy (non-hydrogen) atoms. The minimum Gasteiger partial charge on any atom is -0.497 e. The summed E-state index contributed by atoms with van der Waals surface area (Å²) in [6.07, 6.45) is 2.42. The summed E-state index contributed by atoms with van der Waals surface area (Å²) in [4.78, 5) is 0. The Balaban J connectivity index is 1.34. The third kappa shape index (κ3) is 3.94. The number of nitrogens with zero attached hydrogens (tertiary/aromatic N) is 1. The van der Waals surface area contributed by atoms with Gasteiger partial charge in [0.05, 0.1) is 12.8 Å². The van der Waals surface area contributed by atoms with Gasteiger partial charge in [0.1, 0.15) is 29.6 Å². The van der Waals surface area contributed by atoms with Crippen LogP contribution in [0.15, 0.2) is 59.1 Å². The Hall–Kier alpha value is -2.95. The molecule has 1 fully saturated rings. The predicted molar refractivity (Wildman–Crippen MR) is 92.3 cm³/mol. The number of hydrogen-bond acceptors (Lipinski definition) is 5. The Kier molecular flexibility index (Phi) is 4.29. The summed E-state index contributed by atoms with van der Waals surface area (Å²) in [5.74, 6) is 4.31. The number of hydrogen-bond donors (Lipinski definition) is 0. The third-order valence-electron chi connectivity index (χ3n) is 4.05. The second-order valence-corrected chi connectivity index (χ2v) is 6.03. The van der Waals surface area contributed by atoms with Crippen LogP contribution in [0, 0.1) is 0 Å². The number of methoxy groups -OCH3 is 1. The standard InChI is InChI=1S/C20H19NO4/c1-22-17-3-2-4-18(11-17)24-16-9-7-15(8-10-16)23-13-19-12-20(21-25-19)14-5-6-14/h2-4,7-12,14H,5-6,13H2,1H3. The number of ether oxygens (including phenoxy) is 3. The van der Waals surface area contributed by atoms with Gasteiger partial charge < -0.3 is 18.7 Å². The van der Waals surface area contributed by atoms with Gasteiger partial charge >= 0.3 is 0 Å². The van der Waals surface area contributed by atoms with Gasteiger partial charge in [-0.3, -0.25) is 0 Å². The van der Waals surface area contributed by atoms with Crippen LogP contribution in [-0.4, -0.2) is 12.3 Å². The molecular weight excluding hydrogens is 318 g/mol. The first-order valence-corrected chi connectivity index (χ1v) is 8.30. The Bertz CT molecular complexity index is 837. The molecule has 1 saturated carbocycles. The normalized spacial score (nSPS) is 13.5. The summed E-state index contributed by atoms with van der Waals surface area (Å²) in [6.45, 7) is 0.371. The highest BCUT2D eigenvalue weighted by Gasteiger charge is 2.27. The lowest BCUT2D eigenvalue weighted by molar-refractivity contribution is 0.248. The van der Waals surface area contributed by atoms with Crippen LogP contribution < -0.4 is 14.2 Å². The van der Waals surface area contributed by atoms with E-state index >= 15 is 0 Å². The molecule has 128 valence electrons. The van der Waals surface area contributed by atoms with Gasteiger partial charge in [-0.2, -0.15) is 0 Å². The summed E-state index contributed by atoms with van der Waals surface area (Å²) in [6, 6.07) is 16.9. The highest BCUT2D eigenvalue weighted by Crippen LogP contribution is 2.39. The smallest absolute Gasteiger partial charge is 0.174 e. The predicted octanol–water partition coefficient (Wildman–Crippen LogP) is 4.93. The topological polar surface area (TPSA) is 53.7 Å². The minimum absolute atomic E-state index is 0.371. The van der Waals surface area contributed by atoms with Gasteiger partial charge in [-0.15, -0.1) is 0 Å². The SMILES string of the molecule is COc1cccc(Oc2ccc(OCc3cc(C4CC4)no3)cc2)c1. The Labute approximate surface area is 146 Å². The molecule has 5 heteroatoms. The van der Waals surface area contributed by atoms with Gasteiger partial charge in [0.25, 0.3) is 0 Å². The van der Waals surface area contributed by atoms with Crippen LogP contribution in [0.5, 0.6) is 23.0 Å². The van der Waals surface area contributed by atoms with Gasteiger partial charge in [0.15, 0.2) is 5.76 Å². The van der Waals surface area contributed by atoms with E-state index < -0.39 is 0 Å². The molecule has 4 rings (SSSR count). The Morgan fingerprint density at radius 1 is 0.960 bits per heavy atom. The van der Waals surface area contributed by atoms with E-state index in [-0.39, 0.29) is 0 Å². The maximum absolute atomic E-state index is 5.81. The first-order valence-electron chi connectivity index (χ1n) is 8.30. The number of benzene rings is 2. The van der Waals surface area contributed by atoms with Crippen LogP contribution in [0.1, 0.15) is 30.2 Å². The van der Waals surface area contributed by atoms with E-state index in [2.05, 4.69) is 5.16 Å². The molecule has 5 nitrogen and oxygen atoms in total. The van der Waals surface area contributed by atoms with Crippen molar-refractivity contribution in [2.45, 2.75) is 25.4 Å². The minimum atomic E-state index is 0.371. The maximum Gasteiger partial charge on any atom is 0.174 e. The molecule has 0 saturated heterocycles. The second-order valence-electron chi connectivity index (χ2n) is 6.03. The largest absolute Gasteiger partial charge is 0.497 e. The van der Waals surface area contributed by atoms with Crippen molar-refractivity contribution in [1.29, 1.82) is 0 Å². The summed E-state index contributed by atoms with van der Waals surface area (Å²) < 4.78 is 22.0. The average Bonchev–Trinajstić information content (AvgIpc) is 3.40. The molecule has 0 unspecified atom stereocenters. The van der Waals surface area contributed by atoms with Gasteiger partial charge in [-0.1, -0.05) is 11.2 Å². The van der Waals surface area contributed by atoms with Crippen molar-refractivity contribution in [2.24, 2.45) is 0 Å². The van der Waals surface area contributed by atoms with Crippen LogP contribution >= 0.6 is 0 Å². The van der Waals surface area contributed by atoms with Crippen molar-refractivity contribution in [3.63, 3.8) is 0 Å². The number of rotatable bonds is 7. The zero-order valence-corrected chi connectivity index (χ0v) is 14.0. The lowest BCUT2D eigenvalue weighted by atomic mass is 10.3. The van der Waals surface area contributed by atoms with Crippen molar-refractivity contribution >= 4 is 0 Å². The van der Waals surface area contributed by atoms with Crippen molar-refractivity contribution < 1.29 is 18.7 Å². The van der Waals surface area contributed by atoms with Gasteiger partial charge in [-0.05, 0) is 49.2 Å². The molecule has 0 atom stereocenters. The molecule has 0 amide bonds. The molecule has 2 aromatic carbocycles. The molecule has 0 bridgehead atoms. The summed E-state index contributed by atoms with van der Waals surface area (Å²) in [5, 5.41) is 4.08. The molecule has 0 radical (unpaired) electrons. The van der Waals surface area contributed by atoms with Crippen LogP contribution in [0.4, 0.5) is 0 Å². The van der Waals surface area contributed by atoms with E-state index in [1.807, 2.05) is 54.6 Å². The van der Waals surface area contributed by atoms with Crippen molar-refractivity contribution in [3.05, 3.63) is 66.1 Å². The van der Waals surface area contributed by atoms with E-state index in [4.69, 9.17) is 18.7 Å². The number of aromatic nitrogens is 1. The van der Waals surface area contributed by atoms with Crippen molar-refractivity contribution in [2.75, 3.05) is 7.11 Å². The maximum atomic E-state index is 5.81. The first-order chi connectivity index (χ1) is 12.3. The van der Waals surface area contributed by atoms with Gasteiger partial charge in [-0.25, -0.2) is 0 Å². The van der Waals surface area contributed by atoms with Crippen LogP contribution in [-0.2, 0) is 6.61 Å². The molecular formula is C20H19NO4. The molecule has 0 aliphatic heterocycles. The van der Waals surface area contributed by atoms with Crippen molar-refractivity contribution in [1.82, 2.24) is 5.16 Å². The lowest BCUT2D eigenvalue weighted by Gasteiger charge is -2.08. The lowest BCUT2D eigenvalue weighted by Crippen LogP contribution is -1.93. The third-order valence-corrected chi connectivity index (χ3v) is 4.05.